The summed E-state index contributed by atoms with van der Waals surface area (Å²) >= 11 is 4.80. The van der Waals surface area contributed by atoms with Crippen LogP contribution in [0.2, 0.25) is 37.5 Å². The predicted molar refractivity (Wildman–Crippen MR) is 130 cm³/mol. The molecule has 0 fully saturated rings. The van der Waals surface area contributed by atoms with E-state index < -0.39 is 26.5 Å². The van der Waals surface area contributed by atoms with E-state index in [4.69, 9.17) is 11.6 Å². The summed E-state index contributed by atoms with van der Waals surface area (Å²) in [6, 6.07) is 5.90. The molecule has 0 bridgehead atoms. The maximum atomic E-state index is 7.13. The Morgan fingerprint density at radius 3 is 1.50 bits per heavy atom. The van der Waals surface area contributed by atoms with E-state index in [-0.39, 0.29) is 0 Å². The minimum atomic E-state index is -2.33. The van der Waals surface area contributed by atoms with Crippen LogP contribution in [0.3, 0.4) is 0 Å². The van der Waals surface area contributed by atoms with Gasteiger partial charge >= 0.3 is 178 Å². The van der Waals surface area contributed by atoms with Gasteiger partial charge in [0.25, 0.3) is 0 Å². The fourth-order valence-corrected chi connectivity index (χ4v) is 24.7. The number of rotatable bonds is 17. The average Bonchev–Trinajstić information content (AvgIpc) is 2.68. The Labute approximate surface area is 176 Å². The molecule has 156 valence electrons. The molecular formula is C23H49ClSiSn. The van der Waals surface area contributed by atoms with Gasteiger partial charge in [-0.2, -0.15) is 0 Å². The molecule has 0 aliphatic heterocycles. The van der Waals surface area contributed by atoms with Crippen molar-refractivity contribution in [3.8, 4) is 0 Å². The zero-order valence-electron chi connectivity index (χ0n) is 19.1. The molecule has 0 amide bonds. The van der Waals surface area contributed by atoms with Crippen molar-refractivity contribution in [3.05, 3.63) is 9.12 Å². The van der Waals surface area contributed by atoms with Gasteiger partial charge in [0, 0.05) is 0 Å². The van der Waals surface area contributed by atoms with E-state index in [2.05, 4.69) is 47.6 Å². The molecule has 0 aromatic heterocycles. The van der Waals surface area contributed by atoms with Crippen LogP contribution in [-0.4, -0.2) is 26.5 Å². The van der Waals surface area contributed by atoms with Crippen molar-refractivity contribution in [2.75, 3.05) is 0 Å². The minimum absolute atomic E-state index is 0.953. The van der Waals surface area contributed by atoms with E-state index in [9.17, 15) is 0 Å². The SMILES string of the molecule is CCC[CH2][Sn]([CH2]CCC)([CH2]CCC)[C](Cl)=CCCC[Si](CC)(CC)CC. The van der Waals surface area contributed by atoms with Gasteiger partial charge in [-0.3, -0.25) is 0 Å². The molecule has 0 atom stereocenters. The molecule has 26 heavy (non-hydrogen) atoms. The topological polar surface area (TPSA) is 0 Å². The third kappa shape index (κ3) is 9.50. The monoisotopic (exact) mass is 508 g/mol. The summed E-state index contributed by atoms with van der Waals surface area (Å²) in [4.78, 5) is 0. The quantitative estimate of drug-likeness (QED) is 0.136. The molecule has 0 radical (unpaired) electrons. The molecule has 0 spiro atoms. The predicted octanol–water partition coefficient (Wildman–Crippen LogP) is 9.79. The first-order valence-electron chi connectivity index (χ1n) is 11.9. The summed E-state index contributed by atoms with van der Waals surface area (Å²) in [5.74, 6) is 0. The van der Waals surface area contributed by atoms with E-state index in [1.54, 1.807) is 0 Å². The van der Waals surface area contributed by atoms with E-state index in [1.807, 2.05) is 0 Å². The first kappa shape index (κ1) is 27.0. The first-order valence-corrected chi connectivity index (χ1v) is 22.5. The Kier molecular flexibility index (Phi) is 16.5. The third-order valence-electron chi connectivity index (χ3n) is 7.02. The summed E-state index contributed by atoms with van der Waals surface area (Å²) in [5.41, 5.74) is 0. The van der Waals surface area contributed by atoms with Crippen LogP contribution < -0.4 is 0 Å². The Morgan fingerprint density at radius 1 is 0.731 bits per heavy atom. The van der Waals surface area contributed by atoms with Crippen molar-refractivity contribution < 1.29 is 0 Å². The molecule has 0 heterocycles. The van der Waals surface area contributed by atoms with Crippen LogP contribution in [0.25, 0.3) is 0 Å². The Bertz CT molecular complexity index is 333. The second kappa shape index (κ2) is 15.9. The number of hydrogen-bond donors (Lipinski definition) is 0. The van der Waals surface area contributed by atoms with Crippen LogP contribution in [0.4, 0.5) is 0 Å². The van der Waals surface area contributed by atoms with Gasteiger partial charge in [-0.25, -0.2) is 0 Å². The van der Waals surface area contributed by atoms with Crippen LogP contribution in [0, 0.1) is 0 Å². The molecular weight excluding hydrogens is 459 g/mol. The van der Waals surface area contributed by atoms with Crippen molar-refractivity contribution in [1.82, 2.24) is 0 Å². The van der Waals surface area contributed by atoms with Crippen LogP contribution in [0.1, 0.15) is 92.9 Å². The molecule has 0 nitrogen and oxygen atoms in total. The number of allylic oxidation sites excluding steroid dienone is 1. The summed E-state index contributed by atoms with van der Waals surface area (Å²) in [7, 11) is -0.953. The van der Waals surface area contributed by atoms with Gasteiger partial charge in [-0.1, -0.05) is 0 Å². The van der Waals surface area contributed by atoms with Gasteiger partial charge in [-0.15, -0.1) is 0 Å². The van der Waals surface area contributed by atoms with Crippen LogP contribution in [-0.2, 0) is 0 Å². The molecule has 0 aliphatic carbocycles. The van der Waals surface area contributed by atoms with Gasteiger partial charge in [0.15, 0.2) is 0 Å². The molecule has 0 N–H and O–H groups in total. The standard InChI is InChI=1S/C11H22ClSi.3C4H9.Sn/c1-4-13(5-2,6-3)11-9-7-8-10-12;3*1-3-4-2;/h8H,4-7,9,11H2,1-3H3;3*1,3-4H2,2H3;. The van der Waals surface area contributed by atoms with Crippen molar-refractivity contribution in [2.45, 2.75) is 130 Å². The normalized spacial score (nSPS) is 13.4. The van der Waals surface area contributed by atoms with Crippen LogP contribution in [0.5, 0.6) is 0 Å². The molecule has 0 unspecified atom stereocenters. The summed E-state index contributed by atoms with van der Waals surface area (Å²) in [6.45, 7) is 14.3. The fraction of sp³-hybridized carbons (Fsp3) is 0.913. The third-order valence-corrected chi connectivity index (χ3v) is 30.5. The van der Waals surface area contributed by atoms with Crippen molar-refractivity contribution in [3.63, 3.8) is 0 Å². The molecule has 0 aromatic carbocycles. The van der Waals surface area contributed by atoms with E-state index in [0.717, 1.165) is 0 Å². The molecule has 0 rings (SSSR count). The maximum absolute atomic E-state index is 7.13. The number of halogens is 1. The van der Waals surface area contributed by atoms with Crippen LogP contribution in [0.15, 0.2) is 9.12 Å². The van der Waals surface area contributed by atoms with Gasteiger partial charge in [0.05, 0.1) is 0 Å². The molecule has 0 aromatic rings. The first-order chi connectivity index (χ1) is 12.5. The second-order valence-corrected chi connectivity index (χ2v) is 28.7. The van der Waals surface area contributed by atoms with Gasteiger partial charge < -0.3 is 0 Å². The van der Waals surface area contributed by atoms with Crippen molar-refractivity contribution >= 4 is 38.1 Å². The Hall–Kier alpha value is 1.05. The van der Waals surface area contributed by atoms with Crippen LogP contribution >= 0.6 is 11.6 Å². The van der Waals surface area contributed by atoms with E-state index in [1.165, 1.54) is 91.9 Å². The summed E-state index contributed by atoms with van der Waals surface area (Å²) in [5, 5.41) is 0. The second-order valence-electron chi connectivity index (χ2n) is 8.60. The number of hydrogen-bond acceptors (Lipinski definition) is 0. The zero-order valence-corrected chi connectivity index (χ0v) is 23.7. The summed E-state index contributed by atoms with van der Waals surface area (Å²) in [6.07, 6.45) is 13.4. The van der Waals surface area contributed by atoms with Crippen molar-refractivity contribution in [1.29, 1.82) is 0 Å². The van der Waals surface area contributed by atoms with E-state index in [0.29, 0.717) is 0 Å². The molecule has 0 saturated carbocycles. The van der Waals surface area contributed by atoms with Gasteiger partial charge in [0.1, 0.15) is 0 Å². The van der Waals surface area contributed by atoms with Gasteiger partial charge in [0.2, 0.25) is 0 Å². The fourth-order valence-electron chi connectivity index (χ4n) is 4.48. The molecule has 0 saturated heterocycles. The van der Waals surface area contributed by atoms with Gasteiger partial charge in [-0.05, 0) is 0 Å². The number of unbranched alkanes of at least 4 members (excludes halogenated alkanes) is 4. The Morgan fingerprint density at radius 2 is 1.15 bits per heavy atom. The zero-order chi connectivity index (χ0) is 19.9. The Balaban J connectivity index is 5.04. The molecule has 0 aliphatic rings. The van der Waals surface area contributed by atoms with E-state index >= 15 is 0 Å². The molecule has 3 heteroatoms. The summed E-state index contributed by atoms with van der Waals surface area (Å²) < 4.78 is 5.92. The average molecular weight is 508 g/mol. The van der Waals surface area contributed by atoms with Crippen molar-refractivity contribution in [2.24, 2.45) is 0 Å².